The van der Waals surface area contributed by atoms with Crippen LogP contribution in [-0.4, -0.2) is 22.3 Å². The van der Waals surface area contributed by atoms with Gasteiger partial charge in [0.1, 0.15) is 28.6 Å². The Kier molecular flexibility index (Phi) is 4.99. The van der Waals surface area contributed by atoms with Gasteiger partial charge in [0.05, 0.1) is 0 Å². The normalized spacial score (nSPS) is 11.1. The molecule has 1 aromatic carbocycles. The van der Waals surface area contributed by atoms with E-state index in [0.29, 0.717) is 11.4 Å². The van der Waals surface area contributed by atoms with E-state index in [0.717, 1.165) is 5.56 Å². The van der Waals surface area contributed by atoms with Gasteiger partial charge < -0.3 is 10.1 Å². The predicted octanol–water partition coefficient (Wildman–Crippen LogP) is 2.45. The second-order valence-electron chi connectivity index (χ2n) is 5.73. The number of rotatable bonds is 4. The zero-order chi connectivity index (χ0) is 19.4. The molecule has 0 fully saturated rings. The molecule has 2 aromatic heterocycles. The molecule has 134 valence electrons. The molecule has 0 aliphatic carbocycles. The van der Waals surface area contributed by atoms with E-state index in [1.54, 1.807) is 42.6 Å². The van der Waals surface area contributed by atoms with Gasteiger partial charge in [-0.25, -0.2) is 0 Å². The minimum atomic E-state index is -0.601. The van der Waals surface area contributed by atoms with E-state index in [9.17, 15) is 14.9 Å². The first kappa shape index (κ1) is 17.9. The Morgan fingerprint density at radius 2 is 2.00 bits per heavy atom. The summed E-state index contributed by atoms with van der Waals surface area (Å²) in [6.07, 6.45) is 2.75. The maximum atomic E-state index is 12.9. The zero-order valence-electron chi connectivity index (χ0n) is 14.8. The van der Waals surface area contributed by atoms with Crippen molar-refractivity contribution >= 4 is 17.6 Å². The number of benzene rings is 1. The van der Waals surface area contributed by atoms with Crippen LogP contribution in [0, 0.1) is 18.3 Å². The van der Waals surface area contributed by atoms with Gasteiger partial charge in [-0.05, 0) is 37.3 Å². The van der Waals surface area contributed by atoms with E-state index in [1.165, 1.54) is 17.5 Å². The lowest BCUT2D eigenvalue weighted by atomic mass is 10.1. The van der Waals surface area contributed by atoms with Crippen LogP contribution in [-0.2, 0) is 4.79 Å². The van der Waals surface area contributed by atoms with Gasteiger partial charge in [-0.15, -0.1) is 0 Å². The number of hydrogen-bond donors (Lipinski definition) is 1. The number of carbonyl (C=O) groups is 1. The highest BCUT2D eigenvalue weighted by Crippen LogP contribution is 2.24. The van der Waals surface area contributed by atoms with Crippen LogP contribution in [0.4, 0.5) is 0 Å². The molecule has 3 aromatic rings. The van der Waals surface area contributed by atoms with E-state index in [2.05, 4.69) is 10.3 Å². The van der Waals surface area contributed by atoms with Crippen LogP contribution in [0.15, 0.2) is 59.0 Å². The van der Waals surface area contributed by atoms with Crippen molar-refractivity contribution in [1.29, 1.82) is 5.26 Å². The SMILES string of the molecule is CNC(=O)/C(C#N)=C/c1c(Oc2ccc(C)cc2)nc2ccccn2c1=O. The van der Waals surface area contributed by atoms with Crippen LogP contribution in [0.3, 0.4) is 0 Å². The number of aryl methyl sites for hydroxylation is 1. The number of nitriles is 1. The van der Waals surface area contributed by atoms with Crippen molar-refractivity contribution in [1.82, 2.24) is 14.7 Å². The zero-order valence-corrected chi connectivity index (χ0v) is 14.8. The summed E-state index contributed by atoms with van der Waals surface area (Å²) < 4.78 is 7.13. The van der Waals surface area contributed by atoms with Crippen LogP contribution in [0.25, 0.3) is 11.7 Å². The smallest absolute Gasteiger partial charge is 0.269 e. The third kappa shape index (κ3) is 3.70. The molecule has 0 unspecified atom stereocenters. The Hall–Kier alpha value is -3.92. The molecular formula is C20H16N4O3. The summed E-state index contributed by atoms with van der Waals surface area (Å²) in [6.45, 7) is 1.95. The monoisotopic (exact) mass is 360 g/mol. The number of aromatic nitrogens is 2. The van der Waals surface area contributed by atoms with E-state index >= 15 is 0 Å². The van der Waals surface area contributed by atoms with Gasteiger partial charge in [0.25, 0.3) is 11.5 Å². The molecule has 0 atom stereocenters. The number of amides is 1. The number of pyridine rings is 1. The van der Waals surface area contributed by atoms with Crippen LogP contribution in [0.2, 0.25) is 0 Å². The lowest BCUT2D eigenvalue weighted by Crippen LogP contribution is -2.22. The lowest BCUT2D eigenvalue weighted by molar-refractivity contribution is -0.116. The topological polar surface area (TPSA) is 96.5 Å². The highest BCUT2D eigenvalue weighted by molar-refractivity contribution is 6.01. The van der Waals surface area contributed by atoms with E-state index in [4.69, 9.17) is 4.74 Å². The fourth-order valence-electron chi connectivity index (χ4n) is 2.43. The Morgan fingerprint density at radius 1 is 1.26 bits per heavy atom. The van der Waals surface area contributed by atoms with Gasteiger partial charge in [-0.2, -0.15) is 10.2 Å². The third-order valence-electron chi connectivity index (χ3n) is 3.85. The van der Waals surface area contributed by atoms with Crippen LogP contribution < -0.4 is 15.6 Å². The second-order valence-corrected chi connectivity index (χ2v) is 5.73. The molecule has 3 rings (SSSR count). The van der Waals surface area contributed by atoms with Gasteiger partial charge in [-0.1, -0.05) is 23.8 Å². The van der Waals surface area contributed by atoms with Crippen molar-refractivity contribution in [3.8, 4) is 17.7 Å². The van der Waals surface area contributed by atoms with E-state index in [1.807, 2.05) is 19.1 Å². The summed E-state index contributed by atoms with van der Waals surface area (Å²) in [6, 6.07) is 14.1. The van der Waals surface area contributed by atoms with Crippen molar-refractivity contribution in [3.63, 3.8) is 0 Å². The van der Waals surface area contributed by atoms with Crippen molar-refractivity contribution in [2.45, 2.75) is 6.92 Å². The average molecular weight is 360 g/mol. The number of nitrogens with zero attached hydrogens (tertiary/aromatic N) is 3. The molecular weight excluding hydrogens is 344 g/mol. The van der Waals surface area contributed by atoms with Crippen LogP contribution >= 0.6 is 0 Å². The Morgan fingerprint density at radius 3 is 2.67 bits per heavy atom. The number of hydrogen-bond acceptors (Lipinski definition) is 5. The molecule has 27 heavy (non-hydrogen) atoms. The summed E-state index contributed by atoms with van der Waals surface area (Å²) >= 11 is 0. The first-order valence-electron chi connectivity index (χ1n) is 8.13. The van der Waals surface area contributed by atoms with Gasteiger partial charge in [0.15, 0.2) is 0 Å². The van der Waals surface area contributed by atoms with Gasteiger partial charge >= 0.3 is 0 Å². The minimum Gasteiger partial charge on any atom is -0.438 e. The summed E-state index contributed by atoms with van der Waals surface area (Å²) in [5.74, 6) is -0.0936. The van der Waals surface area contributed by atoms with Gasteiger partial charge in [-0.3, -0.25) is 14.0 Å². The fourth-order valence-corrected chi connectivity index (χ4v) is 2.43. The summed E-state index contributed by atoms with van der Waals surface area (Å²) in [5.41, 5.74) is 0.792. The molecule has 0 saturated heterocycles. The lowest BCUT2D eigenvalue weighted by Gasteiger charge is -2.10. The number of fused-ring (bicyclic) bond motifs is 1. The number of nitrogens with one attached hydrogen (secondary N) is 1. The molecule has 1 N–H and O–H groups in total. The van der Waals surface area contributed by atoms with Crippen molar-refractivity contribution < 1.29 is 9.53 Å². The molecule has 0 aliphatic heterocycles. The Balaban J connectivity index is 2.22. The predicted molar refractivity (Wildman–Crippen MR) is 100 cm³/mol. The molecule has 0 bridgehead atoms. The first-order chi connectivity index (χ1) is 13.0. The molecule has 0 radical (unpaired) electrons. The van der Waals surface area contributed by atoms with E-state index < -0.39 is 11.5 Å². The highest BCUT2D eigenvalue weighted by Gasteiger charge is 2.16. The number of likely N-dealkylation sites (N-methyl/N-ethyl adjacent to an activating group) is 1. The molecule has 7 nitrogen and oxygen atoms in total. The average Bonchev–Trinajstić information content (AvgIpc) is 2.69. The summed E-state index contributed by atoms with van der Waals surface area (Å²) in [5, 5.41) is 11.6. The molecule has 0 spiro atoms. The van der Waals surface area contributed by atoms with Crippen molar-refractivity contribution in [2.75, 3.05) is 7.05 Å². The van der Waals surface area contributed by atoms with Gasteiger partial charge in [0.2, 0.25) is 5.88 Å². The standard InChI is InChI=1S/C20H16N4O3/c1-13-6-8-15(9-7-13)27-19-16(11-14(12-21)18(25)22-2)20(26)24-10-4-3-5-17(24)23-19/h3-11H,1-2H3,(H,22,25)/b14-11+. The maximum absolute atomic E-state index is 12.9. The number of ether oxygens (including phenoxy) is 1. The Bertz CT molecular complexity index is 1140. The molecule has 7 heteroatoms. The van der Waals surface area contributed by atoms with Crippen molar-refractivity contribution in [2.24, 2.45) is 0 Å². The van der Waals surface area contributed by atoms with Gasteiger partial charge in [0, 0.05) is 13.2 Å². The maximum Gasteiger partial charge on any atom is 0.269 e. The molecule has 0 aliphatic rings. The highest BCUT2D eigenvalue weighted by atomic mass is 16.5. The van der Waals surface area contributed by atoms with Crippen molar-refractivity contribution in [3.05, 3.63) is 75.7 Å². The van der Waals surface area contributed by atoms with E-state index in [-0.39, 0.29) is 17.0 Å². The third-order valence-corrected chi connectivity index (χ3v) is 3.85. The summed E-state index contributed by atoms with van der Waals surface area (Å²) in [7, 11) is 1.41. The second kappa shape index (κ2) is 7.54. The molecule has 1 amide bonds. The van der Waals surface area contributed by atoms with Crippen LogP contribution in [0.5, 0.6) is 11.6 Å². The fraction of sp³-hybridized carbons (Fsp3) is 0.100. The molecule has 2 heterocycles. The number of carbonyl (C=O) groups excluding carboxylic acids is 1. The molecule has 0 saturated carbocycles. The first-order valence-corrected chi connectivity index (χ1v) is 8.13. The summed E-state index contributed by atoms with van der Waals surface area (Å²) in [4.78, 5) is 29.2. The van der Waals surface area contributed by atoms with Crippen LogP contribution in [0.1, 0.15) is 11.1 Å². The minimum absolute atomic E-state index is 0.0134. The largest absolute Gasteiger partial charge is 0.438 e. The quantitative estimate of drug-likeness (QED) is 0.569. The Labute approximate surface area is 155 Å².